The van der Waals surface area contributed by atoms with Crippen molar-refractivity contribution in [2.45, 2.75) is 64.0 Å². The van der Waals surface area contributed by atoms with Crippen molar-refractivity contribution in [2.75, 3.05) is 26.7 Å². The molecule has 1 aromatic carbocycles. The van der Waals surface area contributed by atoms with E-state index >= 15 is 0 Å². The van der Waals surface area contributed by atoms with Crippen molar-refractivity contribution in [3.63, 3.8) is 0 Å². The molecule has 3 saturated heterocycles. The molecule has 0 spiro atoms. The minimum atomic E-state index is -0.484. The zero-order chi connectivity index (χ0) is 21.8. The first kappa shape index (κ1) is 22.3. The number of ether oxygens (including phenoxy) is 1. The molecule has 0 aliphatic carbocycles. The van der Waals surface area contributed by atoms with Gasteiger partial charge in [0.2, 0.25) is 0 Å². The number of rotatable bonds is 10. The van der Waals surface area contributed by atoms with E-state index in [0.29, 0.717) is 11.8 Å². The molecule has 4 heterocycles. The largest absolute Gasteiger partial charge is 0.497 e. The molecule has 31 heavy (non-hydrogen) atoms. The number of quaternary nitrogens is 1. The number of piperidine rings is 3. The number of aromatic nitrogens is 1. The quantitative estimate of drug-likeness (QED) is 0.305. The van der Waals surface area contributed by atoms with E-state index in [1.807, 2.05) is 30.5 Å². The third-order valence-electron chi connectivity index (χ3n) is 8.05. The summed E-state index contributed by atoms with van der Waals surface area (Å²) >= 11 is 0. The van der Waals surface area contributed by atoms with Crippen LogP contribution in [0.3, 0.4) is 0 Å². The maximum Gasteiger partial charge on any atom is 0.131 e. The number of unbranched alkanes of at least 4 members (excludes halogenated alkanes) is 4. The van der Waals surface area contributed by atoms with E-state index in [0.717, 1.165) is 39.7 Å². The van der Waals surface area contributed by atoms with Crippen LogP contribution < -0.4 is 4.74 Å². The maximum absolute atomic E-state index is 11.8. The lowest BCUT2D eigenvalue weighted by molar-refractivity contribution is -0.973. The van der Waals surface area contributed by atoms with Gasteiger partial charge in [0.05, 0.1) is 32.3 Å². The van der Waals surface area contributed by atoms with E-state index in [1.54, 1.807) is 7.11 Å². The molecule has 0 saturated carbocycles. The number of hydrogen-bond donors (Lipinski definition) is 1. The highest BCUT2D eigenvalue weighted by atomic mass is 16.5. The van der Waals surface area contributed by atoms with Crippen LogP contribution in [0, 0.1) is 11.8 Å². The average molecular weight is 424 g/mol. The van der Waals surface area contributed by atoms with Gasteiger partial charge in [-0.05, 0) is 48.6 Å². The molecule has 4 heteroatoms. The molecule has 3 fully saturated rings. The molecule has 2 aromatic rings. The minimum absolute atomic E-state index is 0.248. The van der Waals surface area contributed by atoms with Crippen molar-refractivity contribution in [2.24, 2.45) is 11.8 Å². The molecule has 5 rings (SSSR count). The van der Waals surface area contributed by atoms with E-state index in [-0.39, 0.29) is 6.04 Å². The van der Waals surface area contributed by atoms with Crippen LogP contribution in [0.4, 0.5) is 0 Å². The van der Waals surface area contributed by atoms with E-state index in [9.17, 15) is 5.11 Å². The van der Waals surface area contributed by atoms with Crippen LogP contribution in [-0.2, 0) is 0 Å². The topological polar surface area (TPSA) is 42.4 Å². The third-order valence-corrected chi connectivity index (χ3v) is 8.05. The molecule has 1 N–H and O–H groups in total. The molecule has 0 radical (unpaired) electrons. The molecule has 0 amide bonds. The van der Waals surface area contributed by atoms with Crippen molar-refractivity contribution in [1.82, 2.24) is 4.98 Å². The Kier molecular flexibility index (Phi) is 6.98. The van der Waals surface area contributed by atoms with Gasteiger partial charge in [0.25, 0.3) is 0 Å². The van der Waals surface area contributed by atoms with Crippen molar-refractivity contribution in [1.29, 1.82) is 0 Å². The van der Waals surface area contributed by atoms with Crippen molar-refractivity contribution < 1.29 is 14.3 Å². The molecular formula is C27H39N2O2+. The summed E-state index contributed by atoms with van der Waals surface area (Å²) in [4.78, 5) is 4.53. The first-order valence-electron chi connectivity index (χ1n) is 12.2. The second-order valence-corrected chi connectivity index (χ2v) is 9.74. The third kappa shape index (κ3) is 4.38. The maximum atomic E-state index is 11.8. The van der Waals surface area contributed by atoms with Gasteiger partial charge in [-0.15, -0.1) is 6.58 Å². The van der Waals surface area contributed by atoms with Gasteiger partial charge in [0.1, 0.15) is 17.9 Å². The van der Waals surface area contributed by atoms with Crippen LogP contribution in [0.2, 0.25) is 0 Å². The van der Waals surface area contributed by atoms with Crippen molar-refractivity contribution >= 4 is 10.9 Å². The molecule has 3 aliphatic rings. The molecule has 3 aliphatic heterocycles. The second-order valence-electron chi connectivity index (χ2n) is 9.74. The molecular weight excluding hydrogens is 384 g/mol. The van der Waals surface area contributed by atoms with Gasteiger partial charge >= 0.3 is 0 Å². The smallest absolute Gasteiger partial charge is 0.131 e. The van der Waals surface area contributed by atoms with E-state index in [4.69, 9.17) is 4.74 Å². The highest BCUT2D eigenvalue weighted by Gasteiger charge is 2.53. The normalized spacial score (nSPS) is 28.5. The fourth-order valence-electron chi connectivity index (χ4n) is 6.26. The van der Waals surface area contributed by atoms with Crippen molar-refractivity contribution in [3.8, 4) is 5.75 Å². The van der Waals surface area contributed by atoms with Gasteiger partial charge in [-0.25, -0.2) is 0 Å². The predicted molar refractivity (Wildman–Crippen MR) is 127 cm³/mol. The van der Waals surface area contributed by atoms with Gasteiger partial charge in [0, 0.05) is 30.3 Å². The Morgan fingerprint density at radius 1 is 1.26 bits per heavy atom. The molecule has 5 atom stereocenters. The van der Waals surface area contributed by atoms with Gasteiger partial charge in [0.15, 0.2) is 0 Å². The highest BCUT2D eigenvalue weighted by molar-refractivity contribution is 5.83. The fraction of sp³-hybridized carbons (Fsp3) is 0.593. The predicted octanol–water partition coefficient (Wildman–Crippen LogP) is 5.66. The van der Waals surface area contributed by atoms with Crippen LogP contribution in [0.5, 0.6) is 5.75 Å². The number of fused-ring (bicyclic) bond motifs is 4. The number of aliphatic hydroxyl groups excluding tert-OH is 1. The van der Waals surface area contributed by atoms with E-state index in [1.165, 1.54) is 51.6 Å². The lowest BCUT2D eigenvalue weighted by atomic mass is 9.71. The summed E-state index contributed by atoms with van der Waals surface area (Å²) < 4.78 is 6.51. The number of benzene rings is 1. The Morgan fingerprint density at radius 3 is 2.87 bits per heavy atom. The van der Waals surface area contributed by atoms with Crippen LogP contribution in [0.1, 0.15) is 63.5 Å². The Hall–Kier alpha value is -1.91. The van der Waals surface area contributed by atoms with Gasteiger partial charge in [-0.3, -0.25) is 4.98 Å². The van der Waals surface area contributed by atoms with Crippen LogP contribution >= 0.6 is 0 Å². The van der Waals surface area contributed by atoms with Crippen LogP contribution in [0.15, 0.2) is 43.1 Å². The number of hydrogen-bond acceptors (Lipinski definition) is 3. The van der Waals surface area contributed by atoms with E-state index in [2.05, 4.69) is 24.6 Å². The molecule has 4 nitrogen and oxygen atoms in total. The first-order valence-corrected chi connectivity index (χ1v) is 12.2. The van der Waals surface area contributed by atoms with Crippen LogP contribution in [-0.4, -0.2) is 47.4 Å². The minimum Gasteiger partial charge on any atom is -0.497 e. The van der Waals surface area contributed by atoms with Crippen LogP contribution in [0.25, 0.3) is 10.9 Å². The lowest BCUT2D eigenvalue weighted by Crippen LogP contribution is -2.68. The van der Waals surface area contributed by atoms with Crippen molar-refractivity contribution in [3.05, 3.63) is 48.7 Å². The Bertz CT molecular complexity index is 898. The molecule has 5 unspecified atom stereocenters. The standard InChI is InChI=1S/C27H39N2O2/c1-4-6-7-8-9-15-29-16-13-21(20(5-2)19-29)17-26(29)27(30)23-12-14-28-25-11-10-22(31-3)18-24(23)25/h5,10-12,14,18,20-21,26-27,30H,2,4,6-9,13,15-17,19H2,1,3H3/q+1. The summed E-state index contributed by atoms with van der Waals surface area (Å²) in [6.07, 6.45) is 12.4. The summed E-state index contributed by atoms with van der Waals surface area (Å²) in [7, 11) is 1.69. The number of aliphatic hydroxyl groups is 1. The van der Waals surface area contributed by atoms with Gasteiger partial charge in [-0.1, -0.05) is 32.3 Å². The number of methoxy groups -OCH3 is 1. The monoisotopic (exact) mass is 423 g/mol. The SMILES string of the molecule is C=CC1C[N+]2(CCCCCCC)CCC1CC2C(O)c1ccnc2ccc(OC)cc12. The average Bonchev–Trinajstić information content (AvgIpc) is 2.82. The first-order chi connectivity index (χ1) is 15.1. The molecule has 1 aromatic heterocycles. The number of nitrogens with zero attached hydrogens (tertiary/aromatic N) is 2. The van der Waals surface area contributed by atoms with Gasteiger partial charge in [-0.2, -0.15) is 0 Å². The Morgan fingerprint density at radius 2 is 2.10 bits per heavy atom. The lowest BCUT2D eigenvalue weighted by Gasteiger charge is -2.58. The second kappa shape index (κ2) is 9.70. The van der Waals surface area contributed by atoms with E-state index < -0.39 is 6.10 Å². The summed E-state index contributed by atoms with van der Waals surface area (Å²) in [5.41, 5.74) is 1.92. The fourth-order valence-corrected chi connectivity index (χ4v) is 6.26. The molecule has 2 bridgehead atoms. The summed E-state index contributed by atoms with van der Waals surface area (Å²) in [6.45, 7) is 9.92. The molecule has 168 valence electrons. The summed E-state index contributed by atoms with van der Waals surface area (Å²) in [5.74, 6) is 2.05. The zero-order valence-corrected chi connectivity index (χ0v) is 19.3. The summed E-state index contributed by atoms with van der Waals surface area (Å²) in [5, 5.41) is 12.8. The Balaban J connectivity index is 1.63. The highest BCUT2D eigenvalue weighted by Crippen LogP contribution is 2.47. The summed E-state index contributed by atoms with van der Waals surface area (Å²) in [6, 6.07) is 8.22. The van der Waals surface area contributed by atoms with Gasteiger partial charge < -0.3 is 14.3 Å². The Labute approximate surface area is 187 Å². The number of pyridine rings is 1. The zero-order valence-electron chi connectivity index (χ0n) is 19.3.